The molecule has 2 aliphatic rings. The van der Waals surface area contributed by atoms with E-state index in [4.69, 9.17) is 9.47 Å². The van der Waals surface area contributed by atoms with Crippen molar-refractivity contribution in [2.75, 3.05) is 47.0 Å². The SMILES string of the molecule is CC(NC(=NCC(=O)N(C)C)NCC1CCOC1)C1COc2ccccc21. The summed E-state index contributed by atoms with van der Waals surface area (Å²) in [5, 5.41) is 6.85. The third-order valence-corrected chi connectivity index (χ3v) is 5.16. The van der Waals surface area contributed by atoms with Crippen LogP contribution in [0.25, 0.3) is 0 Å². The van der Waals surface area contributed by atoms with Gasteiger partial charge in [-0.3, -0.25) is 4.79 Å². The number of rotatable bonds is 6. The largest absolute Gasteiger partial charge is 0.493 e. The highest BCUT2D eigenvalue weighted by Gasteiger charge is 2.29. The number of para-hydroxylation sites is 1. The molecule has 1 aromatic carbocycles. The van der Waals surface area contributed by atoms with E-state index in [-0.39, 0.29) is 24.4 Å². The van der Waals surface area contributed by atoms with Crippen molar-refractivity contribution >= 4 is 11.9 Å². The Kier molecular flexibility index (Phi) is 6.55. The Morgan fingerprint density at radius 3 is 2.89 bits per heavy atom. The van der Waals surface area contributed by atoms with E-state index in [0.29, 0.717) is 18.5 Å². The van der Waals surface area contributed by atoms with Crippen LogP contribution in [0.5, 0.6) is 5.75 Å². The normalized spacial score (nSPS) is 22.7. The minimum Gasteiger partial charge on any atom is -0.493 e. The smallest absolute Gasteiger partial charge is 0.243 e. The van der Waals surface area contributed by atoms with Crippen molar-refractivity contribution in [3.05, 3.63) is 29.8 Å². The van der Waals surface area contributed by atoms with Gasteiger partial charge in [-0.05, 0) is 19.4 Å². The number of amides is 1. The number of aliphatic imine (C=N–C) groups is 1. The van der Waals surface area contributed by atoms with Gasteiger partial charge in [-0.1, -0.05) is 18.2 Å². The van der Waals surface area contributed by atoms with E-state index in [2.05, 4.69) is 28.6 Å². The molecule has 2 N–H and O–H groups in total. The molecule has 0 saturated carbocycles. The maximum atomic E-state index is 11.9. The number of likely N-dealkylation sites (N-methyl/N-ethyl adjacent to an activating group) is 1. The summed E-state index contributed by atoms with van der Waals surface area (Å²) in [6.45, 7) is 5.27. The molecule has 0 aliphatic carbocycles. The fraction of sp³-hybridized carbons (Fsp3) is 0.600. The van der Waals surface area contributed by atoms with Crippen LogP contribution in [0, 0.1) is 5.92 Å². The number of nitrogens with one attached hydrogen (secondary N) is 2. The van der Waals surface area contributed by atoms with Crippen LogP contribution in [-0.2, 0) is 9.53 Å². The van der Waals surface area contributed by atoms with Crippen molar-refractivity contribution < 1.29 is 14.3 Å². The number of hydrogen-bond donors (Lipinski definition) is 2. The molecule has 7 heteroatoms. The Morgan fingerprint density at radius 2 is 2.15 bits per heavy atom. The van der Waals surface area contributed by atoms with E-state index in [1.165, 1.54) is 5.56 Å². The molecule has 148 valence electrons. The first-order chi connectivity index (χ1) is 13.0. The summed E-state index contributed by atoms with van der Waals surface area (Å²) in [4.78, 5) is 18.0. The minimum absolute atomic E-state index is 0.0255. The molecule has 3 unspecified atom stereocenters. The van der Waals surface area contributed by atoms with E-state index in [0.717, 1.165) is 31.9 Å². The number of fused-ring (bicyclic) bond motifs is 1. The highest BCUT2D eigenvalue weighted by molar-refractivity contribution is 5.85. The summed E-state index contributed by atoms with van der Waals surface area (Å²) in [6.07, 6.45) is 1.05. The molecule has 0 radical (unpaired) electrons. The number of hydrogen-bond acceptors (Lipinski definition) is 4. The summed E-state index contributed by atoms with van der Waals surface area (Å²) in [5.41, 5.74) is 1.21. The van der Waals surface area contributed by atoms with Gasteiger partial charge in [-0.25, -0.2) is 4.99 Å². The molecule has 0 bridgehead atoms. The second-order valence-corrected chi connectivity index (χ2v) is 7.45. The number of carbonyl (C=O) groups excluding carboxylic acids is 1. The van der Waals surface area contributed by atoms with E-state index >= 15 is 0 Å². The summed E-state index contributed by atoms with van der Waals surface area (Å²) in [6, 6.07) is 8.27. The van der Waals surface area contributed by atoms with Crippen molar-refractivity contribution in [1.82, 2.24) is 15.5 Å². The van der Waals surface area contributed by atoms with Gasteiger partial charge >= 0.3 is 0 Å². The molecule has 7 nitrogen and oxygen atoms in total. The summed E-state index contributed by atoms with van der Waals surface area (Å²) >= 11 is 0. The lowest BCUT2D eigenvalue weighted by Gasteiger charge is -2.23. The zero-order chi connectivity index (χ0) is 19.2. The standard InChI is InChI=1S/C20H30N4O3/c1-14(17-13-27-18-7-5-4-6-16(17)18)23-20(22-11-19(25)24(2)3)21-10-15-8-9-26-12-15/h4-7,14-15,17H,8-13H2,1-3H3,(H2,21,22,23). The van der Waals surface area contributed by atoms with Gasteiger partial charge < -0.3 is 25.0 Å². The molecule has 1 aromatic rings. The number of nitrogens with zero attached hydrogens (tertiary/aromatic N) is 2. The van der Waals surface area contributed by atoms with Gasteiger partial charge in [0.15, 0.2) is 5.96 Å². The maximum absolute atomic E-state index is 11.9. The van der Waals surface area contributed by atoms with Crippen LogP contribution in [0.2, 0.25) is 0 Å². The first kappa shape index (κ1) is 19.5. The molecular weight excluding hydrogens is 344 g/mol. The average molecular weight is 374 g/mol. The van der Waals surface area contributed by atoms with Gasteiger partial charge in [0.1, 0.15) is 12.3 Å². The average Bonchev–Trinajstić information content (AvgIpc) is 3.32. The lowest BCUT2D eigenvalue weighted by atomic mass is 9.94. The van der Waals surface area contributed by atoms with Gasteiger partial charge in [0.2, 0.25) is 5.91 Å². The van der Waals surface area contributed by atoms with E-state index in [9.17, 15) is 4.79 Å². The Labute approximate surface area is 161 Å². The molecule has 1 saturated heterocycles. The minimum atomic E-state index is -0.0255. The fourth-order valence-corrected chi connectivity index (χ4v) is 3.34. The van der Waals surface area contributed by atoms with Gasteiger partial charge in [-0.15, -0.1) is 0 Å². The summed E-state index contributed by atoms with van der Waals surface area (Å²) in [7, 11) is 3.48. The van der Waals surface area contributed by atoms with Crippen LogP contribution in [0.15, 0.2) is 29.3 Å². The van der Waals surface area contributed by atoms with Crippen LogP contribution < -0.4 is 15.4 Å². The zero-order valence-corrected chi connectivity index (χ0v) is 16.4. The number of carbonyl (C=O) groups is 1. The Morgan fingerprint density at radius 1 is 1.33 bits per heavy atom. The van der Waals surface area contributed by atoms with E-state index in [1.807, 2.05) is 18.2 Å². The van der Waals surface area contributed by atoms with Gasteiger partial charge in [-0.2, -0.15) is 0 Å². The lowest BCUT2D eigenvalue weighted by Crippen LogP contribution is -2.46. The summed E-state index contributed by atoms with van der Waals surface area (Å²) in [5.74, 6) is 2.31. The monoisotopic (exact) mass is 374 g/mol. The number of benzene rings is 1. The van der Waals surface area contributed by atoms with E-state index < -0.39 is 0 Å². The zero-order valence-electron chi connectivity index (χ0n) is 16.4. The van der Waals surface area contributed by atoms with Gasteiger partial charge in [0.25, 0.3) is 0 Å². The quantitative estimate of drug-likeness (QED) is 0.578. The Bertz CT molecular complexity index is 671. The molecule has 2 aliphatic heterocycles. The Hall–Kier alpha value is -2.28. The molecular formula is C20H30N4O3. The summed E-state index contributed by atoms with van der Waals surface area (Å²) < 4.78 is 11.2. The third-order valence-electron chi connectivity index (χ3n) is 5.16. The highest BCUT2D eigenvalue weighted by atomic mass is 16.5. The van der Waals surface area contributed by atoms with Crippen molar-refractivity contribution in [1.29, 1.82) is 0 Å². The van der Waals surface area contributed by atoms with Crippen molar-refractivity contribution in [2.24, 2.45) is 10.9 Å². The van der Waals surface area contributed by atoms with Gasteiger partial charge in [0.05, 0.1) is 13.2 Å². The molecule has 0 aromatic heterocycles. The molecule has 3 atom stereocenters. The van der Waals surface area contributed by atoms with Crippen molar-refractivity contribution in [3.8, 4) is 5.75 Å². The lowest BCUT2D eigenvalue weighted by molar-refractivity contribution is -0.127. The van der Waals surface area contributed by atoms with Crippen LogP contribution in [0.3, 0.4) is 0 Å². The maximum Gasteiger partial charge on any atom is 0.243 e. The van der Waals surface area contributed by atoms with Crippen LogP contribution in [-0.4, -0.2) is 69.8 Å². The van der Waals surface area contributed by atoms with E-state index in [1.54, 1.807) is 19.0 Å². The predicted molar refractivity (Wildman–Crippen MR) is 105 cm³/mol. The molecule has 27 heavy (non-hydrogen) atoms. The van der Waals surface area contributed by atoms with Crippen LogP contribution >= 0.6 is 0 Å². The number of guanidine groups is 1. The molecule has 0 spiro atoms. The van der Waals surface area contributed by atoms with Gasteiger partial charge in [0, 0.05) is 50.7 Å². The molecule has 1 fully saturated rings. The Balaban J connectivity index is 1.64. The van der Waals surface area contributed by atoms with Crippen LogP contribution in [0.4, 0.5) is 0 Å². The molecule has 3 rings (SSSR count). The van der Waals surface area contributed by atoms with Crippen molar-refractivity contribution in [3.63, 3.8) is 0 Å². The van der Waals surface area contributed by atoms with Crippen LogP contribution in [0.1, 0.15) is 24.8 Å². The molecule has 1 amide bonds. The first-order valence-corrected chi connectivity index (χ1v) is 9.59. The van der Waals surface area contributed by atoms with Crippen molar-refractivity contribution in [2.45, 2.75) is 25.3 Å². The fourth-order valence-electron chi connectivity index (χ4n) is 3.34. The molecule has 2 heterocycles. The second-order valence-electron chi connectivity index (χ2n) is 7.45. The highest BCUT2D eigenvalue weighted by Crippen LogP contribution is 2.35. The number of ether oxygens (including phenoxy) is 2. The third kappa shape index (κ3) is 5.13. The predicted octanol–water partition coefficient (Wildman–Crippen LogP) is 1.21. The topological polar surface area (TPSA) is 75.2 Å². The second kappa shape index (κ2) is 9.08. The first-order valence-electron chi connectivity index (χ1n) is 9.59.